The third kappa shape index (κ3) is 4.46. The van der Waals surface area contributed by atoms with Crippen molar-refractivity contribution in [3.63, 3.8) is 0 Å². The molecule has 0 saturated carbocycles. The maximum absolute atomic E-state index is 12.2. The molecule has 4 N–H and O–H groups in total. The van der Waals surface area contributed by atoms with Crippen LogP contribution in [-0.4, -0.2) is 26.4 Å². The molecule has 0 fully saturated rings. The summed E-state index contributed by atoms with van der Waals surface area (Å²) in [6, 6.07) is 3.50. The minimum absolute atomic E-state index is 0.0510. The highest BCUT2D eigenvalue weighted by atomic mass is 79.9. The molecule has 1 aromatic rings. The van der Waals surface area contributed by atoms with Crippen LogP contribution in [0.4, 0.5) is 5.69 Å². The smallest absolute Gasteiger partial charge is 0.243 e. The summed E-state index contributed by atoms with van der Waals surface area (Å²) in [6.45, 7) is 5.07. The normalized spacial score (nSPS) is 13.2. The highest BCUT2D eigenvalue weighted by Crippen LogP contribution is 2.22. The third-order valence-corrected chi connectivity index (χ3v) is 4.53. The SMILES string of the molecule is CC(C)NC(=O)C(C)NS(=O)(=O)c1ccc(Br)cc1N. The standard InChI is InChI=1S/C12H18BrN3O3S/c1-7(2)15-12(17)8(3)16-20(18,19)11-5-4-9(13)6-10(11)14/h4-8,16H,14H2,1-3H3,(H,15,17). The number of carbonyl (C=O) groups is 1. The monoisotopic (exact) mass is 363 g/mol. The van der Waals surface area contributed by atoms with Crippen LogP contribution in [0.15, 0.2) is 27.6 Å². The molecule has 0 saturated heterocycles. The number of hydrogen-bond acceptors (Lipinski definition) is 4. The van der Waals surface area contributed by atoms with Gasteiger partial charge in [-0.3, -0.25) is 4.79 Å². The molecule has 1 amide bonds. The van der Waals surface area contributed by atoms with Crippen LogP contribution < -0.4 is 15.8 Å². The Balaban J connectivity index is 2.92. The number of carbonyl (C=O) groups excluding carboxylic acids is 1. The average molecular weight is 364 g/mol. The van der Waals surface area contributed by atoms with E-state index in [1.54, 1.807) is 19.9 Å². The van der Waals surface area contributed by atoms with Gasteiger partial charge in [-0.05, 0) is 39.0 Å². The first kappa shape index (κ1) is 16.9. The molecule has 1 aromatic carbocycles. The molecule has 0 radical (unpaired) electrons. The molecule has 0 spiro atoms. The van der Waals surface area contributed by atoms with Crippen molar-refractivity contribution in [2.24, 2.45) is 0 Å². The van der Waals surface area contributed by atoms with Crippen LogP contribution in [0.25, 0.3) is 0 Å². The van der Waals surface area contributed by atoms with Gasteiger partial charge in [0, 0.05) is 10.5 Å². The zero-order valence-electron chi connectivity index (χ0n) is 11.5. The molecule has 1 rings (SSSR count). The first-order chi connectivity index (χ1) is 9.13. The number of halogens is 1. The Kier molecular flexibility index (Phi) is 5.55. The Bertz CT molecular complexity index is 602. The van der Waals surface area contributed by atoms with E-state index in [0.717, 1.165) is 0 Å². The summed E-state index contributed by atoms with van der Waals surface area (Å²) in [7, 11) is -3.84. The molecule has 0 aliphatic rings. The van der Waals surface area contributed by atoms with Crippen molar-refractivity contribution in [1.82, 2.24) is 10.0 Å². The number of nitrogens with two attached hydrogens (primary N) is 1. The van der Waals surface area contributed by atoms with E-state index in [9.17, 15) is 13.2 Å². The molecule has 6 nitrogen and oxygen atoms in total. The van der Waals surface area contributed by atoms with Gasteiger partial charge in [0.2, 0.25) is 15.9 Å². The molecule has 0 aliphatic carbocycles. The molecule has 0 heterocycles. The number of nitrogens with one attached hydrogen (secondary N) is 2. The second kappa shape index (κ2) is 6.55. The number of rotatable bonds is 5. The number of nitrogen functional groups attached to an aromatic ring is 1. The molecular weight excluding hydrogens is 346 g/mol. The largest absolute Gasteiger partial charge is 0.398 e. The van der Waals surface area contributed by atoms with Crippen LogP contribution in [0.2, 0.25) is 0 Å². The summed E-state index contributed by atoms with van der Waals surface area (Å²) < 4.78 is 27.3. The summed E-state index contributed by atoms with van der Waals surface area (Å²) in [5, 5.41) is 2.64. The molecule has 0 aliphatic heterocycles. The minimum Gasteiger partial charge on any atom is -0.398 e. The lowest BCUT2D eigenvalue weighted by Crippen LogP contribution is -2.46. The van der Waals surface area contributed by atoms with Gasteiger partial charge in [0.15, 0.2) is 0 Å². The molecular formula is C12H18BrN3O3S. The zero-order valence-corrected chi connectivity index (χ0v) is 13.9. The van der Waals surface area contributed by atoms with Crippen molar-refractivity contribution in [2.75, 3.05) is 5.73 Å². The summed E-state index contributed by atoms with van der Waals surface area (Å²) in [4.78, 5) is 11.7. The van der Waals surface area contributed by atoms with Crippen molar-refractivity contribution in [1.29, 1.82) is 0 Å². The van der Waals surface area contributed by atoms with E-state index in [1.165, 1.54) is 19.1 Å². The Morgan fingerprint density at radius 3 is 2.40 bits per heavy atom. The van der Waals surface area contributed by atoms with Gasteiger partial charge in [0.05, 0.1) is 11.7 Å². The van der Waals surface area contributed by atoms with E-state index in [-0.39, 0.29) is 22.5 Å². The van der Waals surface area contributed by atoms with Crippen molar-refractivity contribution in [2.45, 2.75) is 37.8 Å². The summed E-state index contributed by atoms with van der Waals surface area (Å²) >= 11 is 3.20. The van der Waals surface area contributed by atoms with Gasteiger partial charge in [-0.2, -0.15) is 4.72 Å². The minimum atomic E-state index is -3.84. The lowest BCUT2D eigenvalue weighted by Gasteiger charge is -2.17. The van der Waals surface area contributed by atoms with E-state index < -0.39 is 16.1 Å². The predicted molar refractivity (Wildman–Crippen MR) is 81.6 cm³/mol. The first-order valence-electron chi connectivity index (χ1n) is 6.01. The van der Waals surface area contributed by atoms with Crippen molar-refractivity contribution >= 4 is 37.5 Å². The maximum atomic E-state index is 12.2. The number of sulfonamides is 1. The van der Waals surface area contributed by atoms with Crippen LogP contribution in [0.3, 0.4) is 0 Å². The maximum Gasteiger partial charge on any atom is 0.243 e. The van der Waals surface area contributed by atoms with Crippen LogP contribution in [0.1, 0.15) is 20.8 Å². The van der Waals surface area contributed by atoms with Crippen LogP contribution >= 0.6 is 15.9 Å². The molecule has 112 valence electrons. The lowest BCUT2D eigenvalue weighted by atomic mass is 10.3. The van der Waals surface area contributed by atoms with Gasteiger partial charge in [0.25, 0.3) is 0 Å². The van der Waals surface area contributed by atoms with E-state index in [0.29, 0.717) is 4.47 Å². The van der Waals surface area contributed by atoms with Crippen molar-refractivity contribution in [3.8, 4) is 0 Å². The topological polar surface area (TPSA) is 101 Å². The Morgan fingerprint density at radius 2 is 1.90 bits per heavy atom. The third-order valence-electron chi connectivity index (χ3n) is 2.42. The molecule has 1 unspecified atom stereocenters. The second-order valence-corrected chi connectivity index (χ2v) is 7.29. The quantitative estimate of drug-likeness (QED) is 0.684. The fourth-order valence-corrected chi connectivity index (χ4v) is 3.22. The fourth-order valence-electron chi connectivity index (χ4n) is 1.52. The van der Waals surface area contributed by atoms with Gasteiger partial charge in [-0.15, -0.1) is 0 Å². The Labute approximate surface area is 127 Å². The Hall–Kier alpha value is -1.12. The van der Waals surface area contributed by atoms with Crippen LogP contribution in [0.5, 0.6) is 0 Å². The number of amides is 1. The summed E-state index contributed by atoms with van der Waals surface area (Å²) in [5.74, 6) is -0.390. The number of benzene rings is 1. The predicted octanol–water partition coefficient (Wildman–Crippen LogP) is 1.22. The summed E-state index contributed by atoms with van der Waals surface area (Å²) in [6.07, 6.45) is 0. The van der Waals surface area contributed by atoms with Crippen LogP contribution in [0, 0.1) is 0 Å². The highest BCUT2D eigenvalue weighted by Gasteiger charge is 2.24. The van der Waals surface area contributed by atoms with Crippen molar-refractivity contribution < 1.29 is 13.2 Å². The van der Waals surface area contributed by atoms with Gasteiger partial charge in [-0.25, -0.2) is 8.42 Å². The molecule has 8 heteroatoms. The number of hydrogen-bond donors (Lipinski definition) is 3. The van der Waals surface area contributed by atoms with E-state index in [1.807, 2.05) is 0 Å². The lowest BCUT2D eigenvalue weighted by molar-refractivity contribution is -0.122. The summed E-state index contributed by atoms with van der Waals surface area (Å²) in [5.41, 5.74) is 5.80. The van der Waals surface area contributed by atoms with E-state index in [4.69, 9.17) is 5.73 Å². The highest BCUT2D eigenvalue weighted by molar-refractivity contribution is 9.10. The molecule has 0 aromatic heterocycles. The Morgan fingerprint density at radius 1 is 1.30 bits per heavy atom. The number of anilines is 1. The van der Waals surface area contributed by atoms with Crippen molar-refractivity contribution in [3.05, 3.63) is 22.7 Å². The first-order valence-corrected chi connectivity index (χ1v) is 8.29. The van der Waals surface area contributed by atoms with Gasteiger partial charge >= 0.3 is 0 Å². The second-order valence-electron chi connectivity index (χ2n) is 4.69. The van der Waals surface area contributed by atoms with E-state index >= 15 is 0 Å². The molecule has 1 atom stereocenters. The zero-order chi connectivity index (χ0) is 15.5. The van der Waals surface area contributed by atoms with Gasteiger partial charge in [-0.1, -0.05) is 15.9 Å². The fraction of sp³-hybridized carbons (Fsp3) is 0.417. The van der Waals surface area contributed by atoms with E-state index in [2.05, 4.69) is 26.0 Å². The van der Waals surface area contributed by atoms with Gasteiger partial charge in [0.1, 0.15) is 4.90 Å². The molecule has 0 bridgehead atoms. The molecule has 20 heavy (non-hydrogen) atoms. The average Bonchev–Trinajstić information content (AvgIpc) is 2.26. The van der Waals surface area contributed by atoms with Gasteiger partial charge < -0.3 is 11.1 Å². The van der Waals surface area contributed by atoms with Crippen LogP contribution in [-0.2, 0) is 14.8 Å².